The molecule has 0 atom stereocenters. The van der Waals surface area contributed by atoms with E-state index in [0.717, 1.165) is 23.0 Å². The second-order valence-electron chi connectivity index (χ2n) is 4.16. The number of hydrogen-bond donors (Lipinski definition) is 1. The third-order valence-corrected chi connectivity index (χ3v) is 3.89. The highest BCUT2D eigenvalue weighted by Crippen LogP contribution is 2.33. The fourth-order valence-electron chi connectivity index (χ4n) is 2.21. The van der Waals surface area contributed by atoms with Crippen LogP contribution in [0.5, 0.6) is 0 Å². The average Bonchev–Trinajstić information content (AvgIpc) is 2.90. The molecule has 0 unspecified atom stereocenters. The minimum Gasteiger partial charge on any atom is -0.352 e. The standard InChI is InChI=1S/C11H16N4S/c1-2-14(8-3-4-8)10-9(7-12)15-5-6-16-11(15)13-10/h5-6,8H,2-4,7,12H2,1H3. The van der Waals surface area contributed by atoms with Crippen LogP contribution in [0.2, 0.25) is 0 Å². The van der Waals surface area contributed by atoms with E-state index in [1.54, 1.807) is 11.3 Å². The highest BCUT2D eigenvalue weighted by molar-refractivity contribution is 7.15. The van der Waals surface area contributed by atoms with Crippen molar-refractivity contribution >= 4 is 22.1 Å². The molecule has 1 fully saturated rings. The molecule has 0 aromatic carbocycles. The van der Waals surface area contributed by atoms with Crippen LogP contribution in [0.1, 0.15) is 25.5 Å². The van der Waals surface area contributed by atoms with Gasteiger partial charge >= 0.3 is 0 Å². The Labute approximate surface area is 98.7 Å². The summed E-state index contributed by atoms with van der Waals surface area (Å²) < 4.78 is 2.12. The lowest BCUT2D eigenvalue weighted by Crippen LogP contribution is -2.27. The number of imidazole rings is 1. The molecule has 1 saturated carbocycles. The number of nitrogens with two attached hydrogens (primary N) is 1. The Hall–Kier alpha value is -1.07. The molecule has 86 valence electrons. The largest absolute Gasteiger partial charge is 0.352 e. The van der Waals surface area contributed by atoms with Crippen molar-refractivity contribution < 1.29 is 0 Å². The Bertz CT molecular complexity index is 497. The van der Waals surface area contributed by atoms with Crippen molar-refractivity contribution in [2.75, 3.05) is 11.4 Å². The molecule has 0 bridgehead atoms. The van der Waals surface area contributed by atoms with Crippen molar-refractivity contribution in [1.82, 2.24) is 9.38 Å². The van der Waals surface area contributed by atoms with Crippen molar-refractivity contribution in [2.24, 2.45) is 5.73 Å². The molecule has 1 aliphatic carbocycles. The highest BCUT2D eigenvalue weighted by atomic mass is 32.1. The molecule has 2 aromatic heterocycles. The van der Waals surface area contributed by atoms with Gasteiger partial charge in [0.05, 0.1) is 5.69 Å². The van der Waals surface area contributed by atoms with Crippen LogP contribution < -0.4 is 10.6 Å². The smallest absolute Gasteiger partial charge is 0.195 e. The second-order valence-corrected chi connectivity index (χ2v) is 5.03. The number of thiazole rings is 1. The monoisotopic (exact) mass is 236 g/mol. The van der Waals surface area contributed by atoms with Crippen molar-refractivity contribution in [3.63, 3.8) is 0 Å². The van der Waals surface area contributed by atoms with Crippen LogP contribution in [0, 0.1) is 0 Å². The molecular formula is C11H16N4S. The van der Waals surface area contributed by atoms with Gasteiger partial charge in [-0.15, -0.1) is 11.3 Å². The Balaban J connectivity index is 2.09. The first kappa shape index (κ1) is 10.1. The molecule has 4 nitrogen and oxygen atoms in total. The van der Waals surface area contributed by atoms with Gasteiger partial charge in [0.25, 0.3) is 0 Å². The molecule has 0 aliphatic heterocycles. The summed E-state index contributed by atoms with van der Waals surface area (Å²) in [5.41, 5.74) is 6.99. The van der Waals surface area contributed by atoms with Gasteiger partial charge in [-0.05, 0) is 19.8 Å². The average molecular weight is 236 g/mol. The van der Waals surface area contributed by atoms with E-state index >= 15 is 0 Å². The molecule has 5 heteroatoms. The SMILES string of the molecule is CCN(c1nc2sccn2c1CN)C1CC1. The number of aromatic nitrogens is 2. The van der Waals surface area contributed by atoms with E-state index in [0.29, 0.717) is 12.6 Å². The first-order valence-corrected chi connectivity index (χ1v) is 6.64. The molecule has 2 aromatic rings. The molecule has 2 heterocycles. The fraction of sp³-hybridized carbons (Fsp3) is 0.545. The first-order chi connectivity index (χ1) is 7.85. The summed E-state index contributed by atoms with van der Waals surface area (Å²) in [6.07, 6.45) is 4.64. The summed E-state index contributed by atoms with van der Waals surface area (Å²) in [6, 6.07) is 0.694. The van der Waals surface area contributed by atoms with Crippen LogP contribution in [0.15, 0.2) is 11.6 Å². The van der Waals surface area contributed by atoms with Gasteiger partial charge in [0.1, 0.15) is 0 Å². The van der Waals surface area contributed by atoms with E-state index < -0.39 is 0 Å². The summed E-state index contributed by atoms with van der Waals surface area (Å²) >= 11 is 1.67. The Kier molecular flexibility index (Phi) is 2.37. The molecule has 16 heavy (non-hydrogen) atoms. The molecule has 1 aliphatic rings. The number of rotatable bonds is 4. The summed E-state index contributed by atoms with van der Waals surface area (Å²) in [4.78, 5) is 8.14. The molecule has 0 spiro atoms. The minimum absolute atomic E-state index is 0.552. The third kappa shape index (κ3) is 1.43. The van der Waals surface area contributed by atoms with Crippen molar-refractivity contribution in [2.45, 2.75) is 32.4 Å². The minimum atomic E-state index is 0.552. The molecule has 2 N–H and O–H groups in total. The van der Waals surface area contributed by atoms with Gasteiger partial charge < -0.3 is 10.6 Å². The van der Waals surface area contributed by atoms with Gasteiger partial charge in [-0.2, -0.15) is 0 Å². The highest BCUT2D eigenvalue weighted by Gasteiger charge is 2.31. The van der Waals surface area contributed by atoms with Crippen LogP contribution in [0.25, 0.3) is 4.96 Å². The fourth-order valence-corrected chi connectivity index (χ4v) is 2.94. The van der Waals surface area contributed by atoms with E-state index in [2.05, 4.69) is 27.8 Å². The number of hydrogen-bond acceptors (Lipinski definition) is 4. The van der Waals surface area contributed by atoms with Crippen LogP contribution in [0.4, 0.5) is 5.82 Å². The zero-order valence-electron chi connectivity index (χ0n) is 9.39. The summed E-state index contributed by atoms with van der Waals surface area (Å²) in [5.74, 6) is 1.10. The van der Waals surface area contributed by atoms with Crippen molar-refractivity contribution in [3.8, 4) is 0 Å². The molecule has 3 rings (SSSR count). The number of nitrogens with zero attached hydrogens (tertiary/aromatic N) is 3. The molecule has 0 amide bonds. The predicted molar refractivity (Wildman–Crippen MR) is 67.0 cm³/mol. The quantitative estimate of drug-likeness (QED) is 0.881. The number of fused-ring (bicyclic) bond motifs is 1. The third-order valence-electron chi connectivity index (χ3n) is 3.13. The predicted octanol–water partition coefficient (Wildman–Crippen LogP) is 1.84. The van der Waals surface area contributed by atoms with E-state index in [1.165, 1.54) is 12.8 Å². The summed E-state index contributed by atoms with van der Waals surface area (Å²) in [5, 5.41) is 2.05. The normalized spacial score (nSPS) is 15.9. The zero-order chi connectivity index (χ0) is 11.1. The van der Waals surface area contributed by atoms with Gasteiger partial charge in [0, 0.05) is 30.7 Å². The summed E-state index contributed by atoms with van der Waals surface area (Å²) in [6.45, 7) is 3.75. The maximum Gasteiger partial charge on any atom is 0.195 e. The van der Waals surface area contributed by atoms with Crippen molar-refractivity contribution in [3.05, 3.63) is 17.3 Å². The molecule has 0 radical (unpaired) electrons. The number of anilines is 1. The molecule has 0 saturated heterocycles. The van der Waals surface area contributed by atoms with E-state index in [4.69, 9.17) is 10.7 Å². The lowest BCUT2D eigenvalue weighted by Gasteiger charge is -2.21. The summed E-state index contributed by atoms with van der Waals surface area (Å²) in [7, 11) is 0. The van der Waals surface area contributed by atoms with Crippen LogP contribution in [0.3, 0.4) is 0 Å². The van der Waals surface area contributed by atoms with Crippen LogP contribution in [-0.4, -0.2) is 22.0 Å². The zero-order valence-corrected chi connectivity index (χ0v) is 10.2. The van der Waals surface area contributed by atoms with Crippen LogP contribution >= 0.6 is 11.3 Å². The second kappa shape index (κ2) is 3.75. The van der Waals surface area contributed by atoms with Gasteiger partial charge in [-0.25, -0.2) is 4.98 Å². The molecular weight excluding hydrogens is 220 g/mol. The van der Waals surface area contributed by atoms with Gasteiger partial charge in [0.15, 0.2) is 10.8 Å². The Morgan fingerprint density at radius 3 is 3.06 bits per heavy atom. The van der Waals surface area contributed by atoms with Crippen LogP contribution in [-0.2, 0) is 6.54 Å². The van der Waals surface area contributed by atoms with Gasteiger partial charge in [0.2, 0.25) is 0 Å². The topological polar surface area (TPSA) is 46.6 Å². The van der Waals surface area contributed by atoms with E-state index in [9.17, 15) is 0 Å². The van der Waals surface area contributed by atoms with E-state index in [1.807, 2.05) is 0 Å². The van der Waals surface area contributed by atoms with Crippen molar-refractivity contribution in [1.29, 1.82) is 0 Å². The Morgan fingerprint density at radius 2 is 2.44 bits per heavy atom. The maximum atomic E-state index is 5.85. The Morgan fingerprint density at radius 1 is 1.62 bits per heavy atom. The first-order valence-electron chi connectivity index (χ1n) is 5.76. The van der Waals surface area contributed by atoms with Gasteiger partial charge in [-0.1, -0.05) is 0 Å². The van der Waals surface area contributed by atoms with E-state index in [-0.39, 0.29) is 0 Å². The lowest BCUT2D eigenvalue weighted by molar-refractivity contribution is 0.798. The maximum absolute atomic E-state index is 5.85. The lowest BCUT2D eigenvalue weighted by atomic mass is 10.3. The van der Waals surface area contributed by atoms with Gasteiger partial charge in [-0.3, -0.25) is 4.40 Å².